The lowest BCUT2D eigenvalue weighted by Crippen LogP contribution is -2.39. The number of amides is 2. The normalized spacial score (nSPS) is 20.7. The first-order valence-electron chi connectivity index (χ1n) is 9.17. The van der Waals surface area contributed by atoms with E-state index in [2.05, 4.69) is 5.10 Å². The van der Waals surface area contributed by atoms with Crippen LogP contribution in [0.15, 0.2) is 53.6 Å². The molecule has 0 bridgehead atoms. The number of hydrazone groups is 1. The number of fused-ring (bicyclic) bond motifs is 1. The second-order valence-corrected chi connectivity index (χ2v) is 7.23. The molecule has 7 nitrogen and oxygen atoms in total. The van der Waals surface area contributed by atoms with E-state index in [1.165, 1.54) is 5.01 Å². The molecule has 0 N–H and O–H groups in total. The van der Waals surface area contributed by atoms with Gasteiger partial charge in [0.15, 0.2) is 5.71 Å². The lowest BCUT2D eigenvalue weighted by atomic mass is 9.98. The van der Waals surface area contributed by atoms with Gasteiger partial charge in [0.2, 0.25) is 5.91 Å². The number of anilines is 2. The first-order chi connectivity index (χ1) is 13.9. The van der Waals surface area contributed by atoms with E-state index in [1.807, 2.05) is 19.1 Å². The first-order valence-corrected chi connectivity index (χ1v) is 9.55. The van der Waals surface area contributed by atoms with Crippen molar-refractivity contribution in [2.24, 2.45) is 11.0 Å². The summed E-state index contributed by atoms with van der Waals surface area (Å²) >= 11 is 5.96. The average molecular weight is 412 g/mol. The maximum atomic E-state index is 13.3. The van der Waals surface area contributed by atoms with Gasteiger partial charge in [0.05, 0.1) is 18.0 Å². The van der Waals surface area contributed by atoms with Crippen molar-refractivity contribution in [3.8, 4) is 0 Å². The number of aryl methyl sites for hydroxylation is 1. The van der Waals surface area contributed by atoms with Gasteiger partial charge in [-0.25, -0.2) is 9.69 Å². The van der Waals surface area contributed by atoms with Gasteiger partial charge in [0.1, 0.15) is 12.0 Å². The molecule has 0 saturated carbocycles. The van der Waals surface area contributed by atoms with Crippen LogP contribution in [0, 0.1) is 12.8 Å². The Morgan fingerprint density at radius 3 is 2.28 bits per heavy atom. The fourth-order valence-corrected chi connectivity index (χ4v) is 3.67. The molecule has 2 heterocycles. The molecule has 0 radical (unpaired) electrons. The monoisotopic (exact) mass is 411 g/mol. The van der Waals surface area contributed by atoms with Crippen molar-refractivity contribution in [3.63, 3.8) is 0 Å². The van der Waals surface area contributed by atoms with Crippen LogP contribution in [0.2, 0.25) is 5.02 Å². The molecule has 1 saturated heterocycles. The predicted molar refractivity (Wildman–Crippen MR) is 109 cm³/mol. The molecule has 2 amide bonds. The molecule has 8 heteroatoms. The predicted octanol–water partition coefficient (Wildman–Crippen LogP) is 2.95. The molecule has 2 aromatic carbocycles. The van der Waals surface area contributed by atoms with E-state index in [4.69, 9.17) is 16.3 Å². The summed E-state index contributed by atoms with van der Waals surface area (Å²) in [5, 5.41) is 6.22. The quantitative estimate of drug-likeness (QED) is 0.571. The standard InChI is InChI=1S/C21H18ClN3O4/c1-3-29-21(28)17-16-18(25(23-17)15-10-6-13(22)7-11-15)20(27)24(19(16)26)14-8-4-12(2)5-9-14/h4-11,16,18H,3H2,1-2H3. The fraction of sp³-hybridized carbons (Fsp3) is 0.238. The van der Waals surface area contributed by atoms with Crippen molar-refractivity contribution in [1.82, 2.24) is 0 Å². The molecule has 29 heavy (non-hydrogen) atoms. The Morgan fingerprint density at radius 2 is 1.66 bits per heavy atom. The Labute approximate surface area is 172 Å². The second-order valence-electron chi connectivity index (χ2n) is 6.80. The van der Waals surface area contributed by atoms with Gasteiger partial charge in [-0.3, -0.25) is 14.6 Å². The number of carbonyl (C=O) groups excluding carboxylic acids is 3. The van der Waals surface area contributed by atoms with E-state index >= 15 is 0 Å². The highest BCUT2D eigenvalue weighted by molar-refractivity contribution is 6.47. The Hall–Kier alpha value is -3.19. The summed E-state index contributed by atoms with van der Waals surface area (Å²) in [7, 11) is 0. The van der Waals surface area contributed by atoms with Crippen LogP contribution in [0.4, 0.5) is 11.4 Å². The Morgan fingerprint density at radius 1 is 1.03 bits per heavy atom. The summed E-state index contributed by atoms with van der Waals surface area (Å²) in [5.74, 6) is -2.67. The molecule has 1 fully saturated rings. The van der Waals surface area contributed by atoms with Crippen molar-refractivity contribution >= 4 is 46.5 Å². The zero-order chi connectivity index (χ0) is 20.7. The van der Waals surface area contributed by atoms with Crippen LogP contribution in [0.5, 0.6) is 0 Å². The number of benzene rings is 2. The highest BCUT2D eigenvalue weighted by atomic mass is 35.5. The number of nitrogens with zero attached hydrogens (tertiary/aromatic N) is 3. The zero-order valence-electron chi connectivity index (χ0n) is 15.8. The van der Waals surface area contributed by atoms with Crippen molar-refractivity contribution in [1.29, 1.82) is 0 Å². The van der Waals surface area contributed by atoms with Gasteiger partial charge in [0, 0.05) is 5.02 Å². The average Bonchev–Trinajstić information content (AvgIpc) is 3.21. The molecule has 2 aliphatic heterocycles. The SMILES string of the molecule is CCOC(=O)C1=NN(c2ccc(Cl)cc2)C2C(=O)N(c3ccc(C)cc3)C(=O)C12. The maximum absolute atomic E-state index is 13.3. The number of rotatable bonds is 4. The number of halogens is 1. The van der Waals surface area contributed by atoms with Crippen molar-refractivity contribution < 1.29 is 19.1 Å². The molecule has 2 unspecified atom stereocenters. The highest BCUT2D eigenvalue weighted by Gasteiger charge is 2.59. The topological polar surface area (TPSA) is 79.3 Å². The van der Waals surface area contributed by atoms with Crippen molar-refractivity contribution in [2.75, 3.05) is 16.5 Å². The first kappa shape index (κ1) is 19.1. The van der Waals surface area contributed by atoms with E-state index in [1.54, 1.807) is 43.3 Å². The van der Waals surface area contributed by atoms with Crippen LogP contribution in [0.25, 0.3) is 0 Å². The minimum atomic E-state index is -1.03. The number of carbonyl (C=O) groups is 3. The summed E-state index contributed by atoms with van der Waals surface area (Å²) < 4.78 is 5.08. The molecule has 0 aromatic heterocycles. The summed E-state index contributed by atoms with van der Waals surface area (Å²) in [4.78, 5) is 40.1. The smallest absolute Gasteiger partial charge is 0.355 e. The van der Waals surface area contributed by atoms with E-state index in [-0.39, 0.29) is 12.3 Å². The van der Waals surface area contributed by atoms with Crippen LogP contribution in [-0.4, -0.2) is 36.1 Å². The maximum Gasteiger partial charge on any atom is 0.355 e. The van der Waals surface area contributed by atoms with Gasteiger partial charge in [0.25, 0.3) is 5.91 Å². The number of hydrogen-bond donors (Lipinski definition) is 0. The number of ether oxygens (including phenoxy) is 1. The molecule has 2 atom stereocenters. The summed E-state index contributed by atoms with van der Waals surface area (Å²) in [6.07, 6.45) is 0. The third-order valence-corrected chi connectivity index (χ3v) is 5.17. The van der Waals surface area contributed by atoms with Gasteiger partial charge in [-0.05, 0) is 50.2 Å². The van der Waals surface area contributed by atoms with Gasteiger partial charge in [-0.2, -0.15) is 5.10 Å². The summed E-state index contributed by atoms with van der Waals surface area (Å²) in [5.41, 5.74) is 1.94. The third kappa shape index (κ3) is 3.17. The zero-order valence-corrected chi connectivity index (χ0v) is 16.6. The summed E-state index contributed by atoms with van der Waals surface area (Å²) in [6, 6.07) is 12.8. The molecule has 4 rings (SSSR count). The van der Waals surface area contributed by atoms with Gasteiger partial charge in [-0.1, -0.05) is 29.3 Å². The van der Waals surface area contributed by atoms with E-state index in [0.717, 1.165) is 10.5 Å². The Bertz CT molecular complexity index is 1020. The number of esters is 1. The Kier molecular flexibility index (Phi) is 4.84. The number of hydrogen-bond acceptors (Lipinski definition) is 6. The second kappa shape index (κ2) is 7.33. The van der Waals surface area contributed by atoms with Crippen LogP contribution in [-0.2, 0) is 19.1 Å². The largest absolute Gasteiger partial charge is 0.461 e. The van der Waals surface area contributed by atoms with Gasteiger partial charge < -0.3 is 4.74 Å². The molecule has 0 spiro atoms. The van der Waals surface area contributed by atoms with Gasteiger partial charge >= 0.3 is 5.97 Å². The van der Waals surface area contributed by atoms with Crippen molar-refractivity contribution in [2.45, 2.75) is 19.9 Å². The Balaban J connectivity index is 1.78. The van der Waals surface area contributed by atoms with Gasteiger partial charge in [-0.15, -0.1) is 0 Å². The molecule has 148 valence electrons. The molecule has 2 aromatic rings. The van der Waals surface area contributed by atoms with Crippen LogP contribution >= 0.6 is 11.6 Å². The molecule has 0 aliphatic carbocycles. The van der Waals surface area contributed by atoms with E-state index in [9.17, 15) is 14.4 Å². The van der Waals surface area contributed by atoms with E-state index < -0.39 is 29.7 Å². The van der Waals surface area contributed by atoms with Crippen molar-refractivity contribution in [3.05, 3.63) is 59.1 Å². The summed E-state index contributed by atoms with van der Waals surface area (Å²) in [6.45, 7) is 3.72. The van der Waals surface area contributed by atoms with Crippen LogP contribution in [0.3, 0.4) is 0 Å². The van der Waals surface area contributed by atoms with Crippen LogP contribution < -0.4 is 9.91 Å². The van der Waals surface area contributed by atoms with Crippen LogP contribution in [0.1, 0.15) is 12.5 Å². The molecule has 2 aliphatic rings. The fourth-order valence-electron chi connectivity index (χ4n) is 3.54. The lowest BCUT2D eigenvalue weighted by molar-refractivity contribution is -0.136. The highest BCUT2D eigenvalue weighted by Crippen LogP contribution is 2.38. The number of imide groups is 1. The molecular formula is C21H18ClN3O4. The van der Waals surface area contributed by atoms with E-state index in [0.29, 0.717) is 16.4 Å². The molecular weight excluding hydrogens is 394 g/mol. The third-order valence-electron chi connectivity index (χ3n) is 4.92. The minimum Gasteiger partial charge on any atom is -0.461 e. The lowest BCUT2D eigenvalue weighted by Gasteiger charge is -2.22. The minimum absolute atomic E-state index is 0.0697.